The van der Waals surface area contributed by atoms with Crippen molar-refractivity contribution in [2.24, 2.45) is 0 Å². The zero-order valence-electron chi connectivity index (χ0n) is 17.0. The Bertz CT molecular complexity index is 1040. The summed E-state index contributed by atoms with van der Waals surface area (Å²) in [5, 5.41) is 0. The van der Waals surface area contributed by atoms with Gasteiger partial charge in [-0.15, -0.1) is 0 Å². The zero-order valence-corrected chi connectivity index (χ0v) is 17.0. The predicted molar refractivity (Wildman–Crippen MR) is 123 cm³/mol. The summed E-state index contributed by atoms with van der Waals surface area (Å²) in [6.07, 6.45) is 5.61. The summed E-state index contributed by atoms with van der Waals surface area (Å²) in [6, 6.07) is 12.4. The summed E-state index contributed by atoms with van der Waals surface area (Å²) in [6.45, 7) is 0. The molecule has 9 nitrogen and oxygen atoms in total. The zero-order chi connectivity index (χ0) is 20.1. The van der Waals surface area contributed by atoms with Crippen molar-refractivity contribution in [3.63, 3.8) is 0 Å². The van der Waals surface area contributed by atoms with Gasteiger partial charge in [0, 0.05) is 18.6 Å². The molecular weight excluding hydrogens is 375 g/mol. The summed E-state index contributed by atoms with van der Waals surface area (Å²) in [7, 11) is 6.28. The summed E-state index contributed by atoms with van der Waals surface area (Å²) in [5.74, 6) is 2.93. The van der Waals surface area contributed by atoms with Gasteiger partial charge in [0.1, 0.15) is 17.5 Å². The third-order valence-corrected chi connectivity index (χ3v) is 6.70. The quantitative estimate of drug-likeness (QED) is 0.521. The fourth-order valence-corrected chi connectivity index (χ4v) is 5.50. The lowest BCUT2D eigenvalue weighted by atomic mass is 9.56. The number of anilines is 6. The molecule has 0 saturated carbocycles. The van der Waals surface area contributed by atoms with Crippen molar-refractivity contribution in [1.82, 2.24) is 15.0 Å². The molecule has 1 fully saturated rings. The maximum atomic E-state index is 4.79. The van der Waals surface area contributed by atoms with Gasteiger partial charge in [-0.25, -0.2) is 15.0 Å². The molecule has 0 radical (unpaired) electrons. The molecule has 0 aromatic carbocycles. The third kappa shape index (κ3) is 1.68. The van der Waals surface area contributed by atoms with Crippen molar-refractivity contribution in [2.45, 2.75) is 0 Å². The van der Waals surface area contributed by atoms with Gasteiger partial charge in [-0.05, 0) is 57.5 Å². The summed E-state index contributed by atoms with van der Waals surface area (Å²) < 4.78 is 7.14. The molecule has 0 bridgehead atoms. The summed E-state index contributed by atoms with van der Waals surface area (Å²) >= 11 is 0. The molecule has 0 aliphatic carbocycles. The van der Waals surface area contributed by atoms with Crippen molar-refractivity contribution in [3.05, 3.63) is 55.0 Å². The molecule has 144 valence electrons. The second-order valence-corrected chi connectivity index (χ2v) is 8.13. The van der Waals surface area contributed by atoms with Crippen LogP contribution in [-0.4, -0.2) is 57.4 Å². The fraction of sp³-hybridized carbons (Fsp3) is 0.167. The molecule has 3 aromatic rings. The van der Waals surface area contributed by atoms with Crippen LogP contribution in [0.5, 0.6) is 0 Å². The third-order valence-electron chi connectivity index (χ3n) is 6.70. The lowest BCUT2D eigenvalue weighted by Gasteiger charge is -2.49. The second kappa shape index (κ2) is 5.32. The molecular formula is C18H18B3N9. The van der Waals surface area contributed by atoms with Crippen LogP contribution >= 0.6 is 0 Å². The SMILES string of the molecule is CN1B2N(B3N(C)c4cccnc4N3B3N(C)c4cccnc4N23)c2ncccc21. The van der Waals surface area contributed by atoms with E-state index in [1.807, 2.05) is 36.8 Å². The molecule has 4 aliphatic heterocycles. The van der Waals surface area contributed by atoms with Gasteiger partial charge < -0.3 is 28.6 Å². The van der Waals surface area contributed by atoms with Crippen LogP contribution < -0.4 is 28.6 Å². The van der Waals surface area contributed by atoms with Crippen molar-refractivity contribution < 1.29 is 0 Å². The van der Waals surface area contributed by atoms with Crippen LogP contribution in [0.3, 0.4) is 0 Å². The molecule has 0 N–H and O–H groups in total. The first-order valence-corrected chi connectivity index (χ1v) is 10.1. The number of nitrogens with zero attached hydrogens (tertiary/aromatic N) is 9. The normalized spacial score (nSPS) is 17.9. The molecule has 1 saturated heterocycles. The largest absolute Gasteiger partial charge is 0.487 e. The molecule has 0 spiro atoms. The van der Waals surface area contributed by atoms with E-state index in [1.165, 1.54) is 0 Å². The molecule has 7 heterocycles. The maximum absolute atomic E-state index is 4.79. The molecule has 7 rings (SSSR count). The van der Waals surface area contributed by atoms with Crippen LogP contribution in [0.15, 0.2) is 55.0 Å². The highest BCUT2D eigenvalue weighted by Crippen LogP contribution is 2.50. The van der Waals surface area contributed by atoms with Gasteiger partial charge in [-0.1, -0.05) is 0 Å². The number of fused-ring (bicyclic) bond motifs is 12. The summed E-state index contributed by atoms with van der Waals surface area (Å²) in [4.78, 5) is 21.3. The highest BCUT2D eigenvalue weighted by Gasteiger charge is 2.68. The van der Waals surface area contributed by atoms with Crippen LogP contribution in [0.2, 0.25) is 0 Å². The average Bonchev–Trinajstić information content (AvgIpc) is 3.36. The van der Waals surface area contributed by atoms with E-state index in [0.29, 0.717) is 0 Å². The number of rotatable bonds is 0. The lowest BCUT2D eigenvalue weighted by Crippen LogP contribution is -2.84. The van der Waals surface area contributed by atoms with E-state index in [2.05, 4.69) is 67.9 Å². The molecule has 3 aromatic heterocycles. The minimum atomic E-state index is -0.0449. The Hall–Kier alpha value is -3.56. The van der Waals surface area contributed by atoms with Crippen molar-refractivity contribution >= 4 is 55.9 Å². The minimum Gasteiger partial charge on any atom is -0.377 e. The Morgan fingerprint density at radius 2 is 0.833 bits per heavy atom. The van der Waals surface area contributed by atoms with E-state index in [1.54, 1.807) is 0 Å². The van der Waals surface area contributed by atoms with Crippen molar-refractivity contribution in [1.29, 1.82) is 0 Å². The van der Waals surface area contributed by atoms with E-state index in [9.17, 15) is 0 Å². The van der Waals surface area contributed by atoms with E-state index >= 15 is 0 Å². The van der Waals surface area contributed by atoms with Gasteiger partial charge in [-0.3, -0.25) is 0 Å². The van der Waals surface area contributed by atoms with E-state index in [0.717, 1.165) is 34.5 Å². The van der Waals surface area contributed by atoms with Crippen LogP contribution in [-0.2, 0) is 0 Å². The van der Waals surface area contributed by atoms with E-state index in [4.69, 9.17) is 15.0 Å². The topological polar surface area (TPSA) is 58.1 Å². The van der Waals surface area contributed by atoms with Gasteiger partial charge in [0.25, 0.3) is 0 Å². The molecule has 0 atom stereocenters. The fourth-order valence-electron chi connectivity index (χ4n) is 5.50. The van der Waals surface area contributed by atoms with Gasteiger partial charge in [0.15, 0.2) is 0 Å². The number of pyridine rings is 3. The highest BCUT2D eigenvalue weighted by molar-refractivity contribution is 7.10. The van der Waals surface area contributed by atoms with Crippen LogP contribution in [0.1, 0.15) is 0 Å². The number of hydrogen-bond donors (Lipinski definition) is 0. The second-order valence-electron chi connectivity index (χ2n) is 8.13. The van der Waals surface area contributed by atoms with E-state index in [-0.39, 0.29) is 21.4 Å². The monoisotopic (exact) mass is 393 g/mol. The number of aromatic nitrogens is 3. The van der Waals surface area contributed by atoms with Crippen molar-refractivity contribution in [2.75, 3.05) is 49.7 Å². The van der Waals surface area contributed by atoms with Gasteiger partial charge in [-0.2, -0.15) is 0 Å². The first kappa shape index (κ1) is 16.3. The molecule has 0 unspecified atom stereocenters. The predicted octanol–water partition coefficient (Wildman–Crippen LogP) is 1.01. The first-order chi connectivity index (χ1) is 14.7. The van der Waals surface area contributed by atoms with Gasteiger partial charge >= 0.3 is 21.4 Å². The minimum absolute atomic E-state index is 0.0449. The highest BCUT2D eigenvalue weighted by atomic mass is 15.6. The summed E-state index contributed by atoms with van der Waals surface area (Å²) in [5.41, 5.74) is 3.35. The molecule has 30 heavy (non-hydrogen) atoms. The van der Waals surface area contributed by atoms with Crippen molar-refractivity contribution in [3.8, 4) is 0 Å². The lowest BCUT2D eigenvalue weighted by molar-refractivity contribution is 1.17. The van der Waals surface area contributed by atoms with E-state index < -0.39 is 0 Å². The first-order valence-electron chi connectivity index (χ1n) is 10.1. The molecule has 4 aliphatic rings. The molecule has 0 amide bonds. The maximum Gasteiger partial charge on any atom is 0.487 e. The Morgan fingerprint density at radius 3 is 1.13 bits per heavy atom. The Labute approximate surface area is 176 Å². The smallest absolute Gasteiger partial charge is 0.377 e. The van der Waals surface area contributed by atoms with Crippen LogP contribution in [0.4, 0.5) is 34.5 Å². The Kier molecular flexibility index (Phi) is 2.89. The van der Waals surface area contributed by atoms with Crippen LogP contribution in [0.25, 0.3) is 0 Å². The molecule has 12 heteroatoms. The van der Waals surface area contributed by atoms with Gasteiger partial charge in [0.05, 0.1) is 17.1 Å². The standard InChI is InChI=1S/C18H18B3N9/c1-25-13-7-4-10-22-16(13)28-19(25)29-17-14(8-5-11-23-17)26(2)21(29)30-18-15(9-6-12-24-18)27(3)20(28)30/h4-12H,1-3H3. The average molecular weight is 393 g/mol. The Balaban J connectivity index is 1.52. The van der Waals surface area contributed by atoms with Crippen LogP contribution in [0, 0.1) is 0 Å². The Morgan fingerprint density at radius 1 is 0.533 bits per heavy atom. The number of hydrogen-bond acceptors (Lipinski definition) is 9. The van der Waals surface area contributed by atoms with Gasteiger partial charge in [0.2, 0.25) is 0 Å².